The van der Waals surface area contributed by atoms with Crippen LogP contribution in [0.25, 0.3) is 0 Å². The minimum Gasteiger partial charge on any atom is -0.428 e. The summed E-state index contributed by atoms with van der Waals surface area (Å²) < 4.78 is 15.7. The Bertz CT molecular complexity index is 605. The monoisotopic (exact) mass is 406 g/mol. The van der Waals surface area contributed by atoms with E-state index in [1.54, 1.807) is 18.0 Å². The van der Waals surface area contributed by atoms with Crippen LogP contribution in [0.3, 0.4) is 0 Å². The zero-order valence-electron chi connectivity index (χ0n) is 15.2. The first-order valence-corrected chi connectivity index (χ1v) is 13.9. The van der Waals surface area contributed by atoms with E-state index in [0.717, 1.165) is 4.91 Å². The lowest BCUT2D eigenvalue weighted by atomic mass is 9.93. The number of hydrogen-bond donors (Lipinski definition) is 0. The SMILES string of the molecule is CC(=O)OCOC(=O)[S+]1S[C@@H]2[C@@H]([C@@H](C)O[Si](C)(C)C)C(=O)N2C=C1C. The van der Waals surface area contributed by atoms with Gasteiger partial charge in [-0.05, 0) is 26.6 Å². The highest BCUT2D eigenvalue weighted by Crippen LogP contribution is 2.48. The van der Waals surface area contributed by atoms with Crippen LogP contribution in [-0.4, -0.2) is 48.7 Å². The van der Waals surface area contributed by atoms with Crippen molar-refractivity contribution in [2.24, 2.45) is 5.92 Å². The van der Waals surface area contributed by atoms with Crippen LogP contribution in [0.4, 0.5) is 4.79 Å². The third-order valence-corrected chi connectivity index (χ3v) is 9.03. The molecule has 0 spiro atoms. The molecule has 0 aliphatic carbocycles. The van der Waals surface area contributed by atoms with Gasteiger partial charge < -0.3 is 13.9 Å². The Labute approximate surface area is 155 Å². The molecule has 0 bridgehead atoms. The van der Waals surface area contributed by atoms with E-state index in [9.17, 15) is 14.4 Å². The number of carbonyl (C=O) groups excluding carboxylic acids is 3. The van der Waals surface area contributed by atoms with Gasteiger partial charge >= 0.3 is 11.3 Å². The van der Waals surface area contributed by atoms with Gasteiger partial charge in [0, 0.05) is 13.8 Å². The molecule has 1 saturated heterocycles. The maximum Gasteiger partial charge on any atom is 0.547 e. The molecule has 0 aromatic rings. The first-order valence-electron chi connectivity index (χ1n) is 7.91. The summed E-state index contributed by atoms with van der Waals surface area (Å²) in [6.45, 7) is 10.8. The number of allylic oxidation sites excluding steroid dienone is 1. The van der Waals surface area contributed by atoms with E-state index >= 15 is 0 Å². The molecule has 2 rings (SSSR count). The van der Waals surface area contributed by atoms with Gasteiger partial charge in [0.15, 0.2) is 13.2 Å². The quantitative estimate of drug-likeness (QED) is 0.173. The highest BCUT2D eigenvalue weighted by Gasteiger charge is 2.59. The minimum absolute atomic E-state index is 0.0270. The molecule has 0 saturated carbocycles. The van der Waals surface area contributed by atoms with Crippen LogP contribution in [0.1, 0.15) is 20.8 Å². The lowest BCUT2D eigenvalue weighted by molar-refractivity contribution is -0.151. The molecule has 2 aliphatic rings. The molecule has 0 aromatic heterocycles. The smallest absolute Gasteiger partial charge is 0.428 e. The summed E-state index contributed by atoms with van der Waals surface area (Å²) in [5.41, 5.74) is 0. The molecule has 10 heteroatoms. The van der Waals surface area contributed by atoms with Crippen molar-refractivity contribution in [2.45, 2.75) is 51.9 Å². The van der Waals surface area contributed by atoms with Crippen molar-refractivity contribution in [1.29, 1.82) is 0 Å². The van der Waals surface area contributed by atoms with Crippen LogP contribution in [0.5, 0.6) is 0 Å². The van der Waals surface area contributed by atoms with Gasteiger partial charge in [-0.3, -0.25) is 14.5 Å². The summed E-state index contributed by atoms with van der Waals surface area (Å²) in [5.74, 6) is -0.746. The lowest BCUT2D eigenvalue weighted by Crippen LogP contribution is -2.63. The molecule has 0 N–H and O–H groups in total. The summed E-state index contributed by atoms with van der Waals surface area (Å²) in [5, 5.41) is -0.580. The Hall–Kier alpha value is -0.973. The zero-order valence-corrected chi connectivity index (χ0v) is 17.9. The number of esters is 1. The highest BCUT2D eigenvalue weighted by atomic mass is 33.1. The molecule has 1 fully saturated rings. The predicted molar refractivity (Wildman–Crippen MR) is 99.8 cm³/mol. The number of fused-ring (bicyclic) bond motifs is 1. The fourth-order valence-electron chi connectivity index (χ4n) is 2.62. The van der Waals surface area contributed by atoms with Crippen molar-refractivity contribution in [3.8, 4) is 0 Å². The first kappa shape index (κ1) is 20.3. The topological polar surface area (TPSA) is 82.1 Å². The number of rotatable bonds is 5. The van der Waals surface area contributed by atoms with Gasteiger partial charge in [0.1, 0.15) is 16.2 Å². The van der Waals surface area contributed by atoms with E-state index in [4.69, 9.17) is 9.16 Å². The number of β-lactam (4-membered cyclic amide) rings is 1. The molecule has 2 aliphatic heterocycles. The highest BCUT2D eigenvalue weighted by molar-refractivity contribution is 8.81. The minimum atomic E-state index is -1.77. The predicted octanol–water partition coefficient (Wildman–Crippen LogP) is 2.81. The number of hydrogen-bond acceptors (Lipinski definition) is 7. The Morgan fingerprint density at radius 2 is 2.00 bits per heavy atom. The standard InChI is InChI=1S/C15H24NO6S2Si/c1-9-7-16-13(18)12(10(2)22-25(4,5)6)14(16)23-24(9)15(19)21-8-20-11(3)17/h7,10,12,14H,8H2,1-6H3/q+1/t10-,12+,14-,24?/m1/s1. The summed E-state index contributed by atoms with van der Waals surface area (Å²) in [4.78, 5) is 37.9. The molecule has 2 heterocycles. The normalized spacial score (nSPS) is 27.0. The molecular formula is C15H24NO6S2Si+. The fraction of sp³-hybridized carbons (Fsp3) is 0.667. The third-order valence-electron chi connectivity index (χ3n) is 3.56. The molecule has 140 valence electrons. The van der Waals surface area contributed by atoms with E-state index in [0.29, 0.717) is 0 Å². The molecule has 1 unspecified atom stereocenters. The van der Waals surface area contributed by atoms with Gasteiger partial charge in [-0.25, -0.2) is 0 Å². The molecule has 4 atom stereocenters. The molecule has 0 radical (unpaired) electrons. The number of amides is 1. The van der Waals surface area contributed by atoms with Gasteiger partial charge in [-0.2, -0.15) is 4.79 Å². The van der Waals surface area contributed by atoms with E-state index in [1.165, 1.54) is 17.7 Å². The van der Waals surface area contributed by atoms with E-state index in [-0.39, 0.29) is 23.3 Å². The van der Waals surface area contributed by atoms with Crippen LogP contribution >= 0.6 is 10.8 Å². The van der Waals surface area contributed by atoms with Crippen molar-refractivity contribution in [2.75, 3.05) is 6.79 Å². The van der Waals surface area contributed by atoms with Crippen LogP contribution < -0.4 is 0 Å². The van der Waals surface area contributed by atoms with Crippen LogP contribution in [0.2, 0.25) is 19.6 Å². The Morgan fingerprint density at radius 3 is 2.56 bits per heavy atom. The molecular weight excluding hydrogens is 382 g/mol. The van der Waals surface area contributed by atoms with E-state index in [2.05, 4.69) is 24.4 Å². The first-order chi connectivity index (χ1) is 11.5. The largest absolute Gasteiger partial charge is 0.547 e. The summed E-state index contributed by atoms with van der Waals surface area (Å²) >= 11 is 0. The van der Waals surface area contributed by atoms with Crippen LogP contribution in [0.15, 0.2) is 11.1 Å². The van der Waals surface area contributed by atoms with E-state index in [1.807, 2.05) is 6.92 Å². The Morgan fingerprint density at radius 1 is 1.36 bits per heavy atom. The maximum absolute atomic E-state index is 12.4. The Balaban J connectivity index is 2.03. The third kappa shape index (κ3) is 4.81. The van der Waals surface area contributed by atoms with Crippen LogP contribution in [-0.2, 0) is 33.4 Å². The fourth-order valence-corrected chi connectivity index (χ4v) is 7.85. The molecule has 25 heavy (non-hydrogen) atoms. The molecule has 1 amide bonds. The van der Waals surface area contributed by atoms with Gasteiger partial charge in [0.05, 0.1) is 18.2 Å². The summed E-state index contributed by atoms with van der Waals surface area (Å²) in [6, 6.07) is 0. The van der Waals surface area contributed by atoms with Crippen molar-refractivity contribution in [1.82, 2.24) is 4.90 Å². The molecule has 7 nitrogen and oxygen atoms in total. The number of ether oxygens (including phenoxy) is 2. The average molecular weight is 407 g/mol. The second kappa shape index (κ2) is 7.73. The average Bonchev–Trinajstić information content (AvgIpc) is 2.45. The van der Waals surface area contributed by atoms with Crippen molar-refractivity contribution >= 4 is 46.2 Å². The maximum atomic E-state index is 12.4. The van der Waals surface area contributed by atoms with Gasteiger partial charge in [-0.1, -0.05) is 0 Å². The summed E-state index contributed by atoms with van der Waals surface area (Å²) in [7, 11) is -1.19. The summed E-state index contributed by atoms with van der Waals surface area (Å²) in [6.07, 6.45) is 1.53. The van der Waals surface area contributed by atoms with Crippen molar-refractivity contribution in [3.05, 3.63) is 11.1 Å². The van der Waals surface area contributed by atoms with Gasteiger partial charge in [0.25, 0.3) is 0 Å². The van der Waals surface area contributed by atoms with Crippen molar-refractivity contribution < 1.29 is 28.3 Å². The number of carbonyl (C=O) groups is 3. The van der Waals surface area contributed by atoms with E-state index < -0.39 is 36.3 Å². The lowest BCUT2D eigenvalue weighted by Gasteiger charge is -2.47. The Kier molecular flexibility index (Phi) is 6.29. The van der Waals surface area contributed by atoms with Crippen molar-refractivity contribution in [3.63, 3.8) is 0 Å². The molecule has 0 aromatic carbocycles. The van der Waals surface area contributed by atoms with Gasteiger partial charge in [-0.15, -0.1) is 0 Å². The van der Waals surface area contributed by atoms with Gasteiger partial charge in [0.2, 0.25) is 22.6 Å². The number of nitrogens with zero attached hydrogens (tertiary/aromatic N) is 1. The second-order valence-electron chi connectivity index (χ2n) is 6.85. The zero-order chi connectivity index (χ0) is 18.9. The second-order valence-corrected chi connectivity index (χ2v) is 15.1. The van der Waals surface area contributed by atoms with Crippen LogP contribution in [0, 0.1) is 5.92 Å².